The summed E-state index contributed by atoms with van der Waals surface area (Å²) in [6, 6.07) is 2.97. The van der Waals surface area contributed by atoms with E-state index in [0.29, 0.717) is 29.7 Å². The van der Waals surface area contributed by atoms with Gasteiger partial charge in [0.05, 0.1) is 22.4 Å². The van der Waals surface area contributed by atoms with E-state index in [1.165, 1.54) is 30.1 Å². The second-order valence-electron chi connectivity index (χ2n) is 6.49. The number of aryl methyl sites for hydroxylation is 1. The second-order valence-corrected chi connectivity index (χ2v) is 8.83. The van der Waals surface area contributed by atoms with E-state index in [2.05, 4.69) is 5.10 Å². The van der Waals surface area contributed by atoms with E-state index in [1.54, 1.807) is 20.8 Å². The average molecular weight is 378 g/mol. The zero-order valence-electron chi connectivity index (χ0n) is 15.2. The van der Waals surface area contributed by atoms with Crippen molar-refractivity contribution >= 4 is 15.6 Å². The third kappa shape index (κ3) is 2.64. The van der Waals surface area contributed by atoms with Crippen molar-refractivity contribution in [3.8, 4) is 5.88 Å². The van der Waals surface area contributed by atoms with Gasteiger partial charge < -0.3 is 9.84 Å². The van der Waals surface area contributed by atoms with E-state index in [9.17, 15) is 18.3 Å². The number of hydrogen-bond acceptors (Lipinski definition) is 6. The van der Waals surface area contributed by atoms with Gasteiger partial charge in [0.15, 0.2) is 15.6 Å². The molecule has 0 saturated heterocycles. The first-order chi connectivity index (χ1) is 12.2. The molecule has 0 spiro atoms. The van der Waals surface area contributed by atoms with Gasteiger partial charge in [0, 0.05) is 24.8 Å². The number of aromatic nitrogens is 2. The summed E-state index contributed by atoms with van der Waals surface area (Å²) < 4.78 is 32.2. The van der Waals surface area contributed by atoms with Gasteiger partial charge in [-0.3, -0.25) is 4.79 Å². The molecule has 140 valence electrons. The largest absolute Gasteiger partial charge is 0.493 e. The third-order valence-electron chi connectivity index (χ3n) is 5.06. The lowest BCUT2D eigenvalue weighted by Crippen LogP contribution is -2.30. The highest BCUT2D eigenvalue weighted by atomic mass is 32.2. The molecule has 1 N–H and O–H groups in total. The Morgan fingerprint density at radius 1 is 1.38 bits per heavy atom. The molecule has 0 radical (unpaired) electrons. The summed E-state index contributed by atoms with van der Waals surface area (Å²) in [5, 5.41) is 13.6. The molecule has 2 heterocycles. The maximum Gasteiger partial charge on any atom is 0.220 e. The van der Waals surface area contributed by atoms with E-state index in [0.717, 1.165) is 0 Å². The van der Waals surface area contributed by atoms with Crippen LogP contribution < -0.4 is 0 Å². The Hall–Kier alpha value is -2.19. The first kappa shape index (κ1) is 18.6. The molecule has 1 aromatic heterocycles. The van der Waals surface area contributed by atoms with Crippen LogP contribution in [0.3, 0.4) is 0 Å². The second kappa shape index (κ2) is 6.51. The number of nitrogens with zero attached hydrogens (tertiary/aromatic N) is 2. The van der Waals surface area contributed by atoms with Gasteiger partial charge >= 0.3 is 0 Å². The van der Waals surface area contributed by atoms with E-state index < -0.39 is 27.0 Å². The Kier molecular flexibility index (Phi) is 4.66. The van der Waals surface area contributed by atoms with Crippen molar-refractivity contribution in [3.05, 3.63) is 40.6 Å². The number of ether oxygens (including phenoxy) is 1. The van der Waals surface area contributed by atoms with Gasteiger partial charge in [0.25, 0.3) is 0 Å². The predicted molar refractivity (Wildman–Crippen MR) is 95.2 cm³/mol. The van der Waals surface area contributed by atoms with Crippen LogP contribution in [0.1, 0.15) is 53.4 Å². The number of fused-ring (bicyclic) bond motifs is 1. The molecule has 1 aliphatic heterocycles. The van der Waals surface area contributed by atoms with Gasteiger partial charge in [-0.1, -0.05) is 0 Å². The molecule has 26 heavy (non-hydrogen) atoms. The fourth-order valence-corrected chi connectivity index (χ4v) is 5.20. The summed E-state index contributed by atoms with van der Waals surface area (Å²) in [6.07, 6.45) is 1.26. The number of aromatic hydroxyl groups is 1. The van der Waals surface area contributed by atoms with Crippen molar-refractivity contribution in [2.24, 2.45) is 0 Å². The van der Waals surface area contributed by atoms with Crippen molar-refractivity contribution in [1.29, 1.82) is 0 Å². The first-order valence-corrected chi connectivity index (χ1v) is 9.98. The molecule has 2 unspecified atom stereocenters. The average Bonchev–Trinajstić information content (AvgIpc) is 2.98. The number of carbonyl (C=O) groups is 1. The maximum absolute atomic E-state index is 12.9. The topological polar surface area (TPSA) is 98.5 Å². The Morgan fingerprint density at radius 3 is 2.65 bits per heavy atom. The third-order valence-corrected chi connectivity index (χ3v) is 7.28. The minimum absolute atomic E-state index is 0.0934. The lowest BCUT2D eigenvalue weighted by Gasteiger charge is -2.30. The SMILES string of the molecule is CCn1ncc(C(=O)c2ccc3c(c2C)C(OC)CC(C)S3(=O)=O)c1O. The summed E-state index contributed by atoms with van der Waals surface area (Å²) in [4.78, 5) is 13.1. The Bertz CT molecular complexity index is 978. The van der Waals surface area contributed by atoms with Gasteiger partial charge in [-0.05, 0) is 44.9 Å². The number of benzene rings is 1. The lowest BCUT2D eigenvalue weighted by molar-refractivity contribution is 0.0899. The number of methoxy groups -OCH3 is 1. The van der Waals surface area contributed by atoms with Crippen LogP contribution >= 0.6 is 0 Å². The summed E-state index contributed by atoms with van der Waals surface area (Å²) >= 11 is 0. The van der Waals surface area contributed by atoms with Crippen molar-refractivity contribution in [2.45, 2.75) is 50.0 Å². The van der Waals surface area contributed by atoms with Gasteiger partial charge in [-0.2, -0.15) is 5.10 Å². The number of ketones is 1. The zero-order chi connectivity index (χ0) is 19.2. The van der Waals surface area contributed by atoms with Crippen LogP contribution in [0.5, 0.6) is 5.88 Å². The molecule has 0 saturated carbocycles. The molecule has 1 aromatic carbocycles. The molecule has 0 amide bonds. The summed E-state index contributed by atoms with van der Waals surface area (Å²) in [6.45, 7) is 5.62. The van der Waals surface area contributed by atoms with Crippen LogP contribution in [-0.4, -0.2) is 41.4 Å². The lowest BCUT2D eigenvalue weighted by atomic mass is 9.92. The Labute approximate surface area is 152 Å². The van der Waals surface area contributed by atoms with Crippen LogP contribution in [0.4, 0.5) is 0 Å². The molecule has 2 aromatic rings. The molecule has 0 bridgehead atoms. The highest BCUT2D eigenvalue weighted by Crippen LogP contribution is 2.41. The Balaban J connectivity index is 2.17. The van der Waals surface area contributed by atoms with Gasteiger partial charge in [0.2, 0.25) is 5.88 Å². The standard InChI is InChI=1S/C18H22N2O5S/c1-5-20-18(22)13(9-19-20)17(21)12-6-7-15-16(11(12)3)14(25-4)8-10(2)26(15,23)24/h6-7,9-10,14,22H,5,8H2,1-4H3. The number of rotatable bonds is 4. The van der Waals surface area contributed by atoms with Crippen LogP contribution in [0, 0.1) is 6.92 Å². The smallest absolute Gasteiger partial charge is 0.220 e. The highest BCUT2D eigenvalue weighted by Gasteiger charge is 2.38. The summed E-state index contributed by atoms with van der Waals surface area (Å²) in [5.41, 5.74) is 1.51. The molecule has 0 aliphatic carbocycles. The zero-order valence-corrected chi connectivity index (χ0v) is 16.0. The van der Waals surface area contributed by atoms with Crippen LogP contribution in [-0.2, 0) is 21.1 Å². The maximum atomic E-state index is 12.9. The predicted octanol–water partition coefficient (Wildman–Crippen LogP) is 2.40. The van der Waals surface area contributed by atoms with Crippen molar-refractivity contribution in [2.75, 3.05) is 7.11 Å². The highest BCUT2D eigenvalue weighted by molar-refractivity contribution is 7.92. The van der Waals surface area contributed by atoms with Crippen LogP contribution in [0.15, 0.2) is 23.2 Å². The minimum Gasteiger partial charge on any atom is -0.493 e. The summed E-state index contributed by atoms with van der Waals surface area (Å²) in [5.74, 6) is -0.590. The number of sulfone groups is 1. The molecule has 7 nitrogen and oxygen atoms in total. The molecular formula is C18H22N2O5S. The van der Waals surface area contributed by atoms with Gasteiger partial charge in [0.1, 0.15) is 5.56 Å². The van der Waals surface area contributed by atoms with E-state index in [4.69, 9.17) is 4.74 Å². The summed E-state index contributed by atoms with van der Waals surface area (Å²) in [7, 11) is -1.93. The molecule has 0 fully saturated rings. The monoisotopic (exact) mass is 378 g/mol. The number of hydrogen-bond donors (Lipinski definition) is 1. The van der Waals surface area contributed by atoms with Crippen molar-refractivity contribution < 1.29 is 23.1 Å². The molecule has 8 heteroatoms. The van der Waals surface area contributed by atoms with Crippen LogP contribution in [0.2, 0.25) is 0 Å². The normalized spacial score (nSPS) is 21.4. The molecule has 3 rings (SSSR count). The van der Waals surface area contributed by atoms with Crippen LogP contribution in [0.25, 0.3) is 0 Å². The van der Waals surface area contributed by atoms with E-state index >= 15 is 0 Å². The fourth-order valence-electron chi connectivity index (χ4n) is 3.49. The molecular weight excluding hydrogens is 356 g/mol. The number of carbonyl (C=O) groups excluding carboxylic acids is 1. The Morgan fingerprint density at radius 2 is 2.08 bits per heavy atom. The minimum atomic E-state index is -3.46. The molecule has 2 atom stereocenters. The van der Waals surface area contributed by atoms with Crippen molar-refractivity contribution in [3.63, 3.8) is 0 Å². The van der Waals surface area contributed by atoms with Gasteiger partial charge in [-0.25, -0.2) is 13.1 Å². The quantitative estimate of drug-likeness (QED) is 0.821. The fraction of sp³-hybridized carbons (Fsp3) is 0.444. The van der Waals surface area contributed by atoms with Gasteiger partial charge in [-0.15, -0.1) is 0 Å². The van der Waals surface area contributed by atoms with Crippen molar-refractivity contribution in [1.82, 2.24) is 9.78 Å². The van der Waals surface area contributed by atoms with E-state index in [1.807, 2.05) is 0 Å². The molecule has 1 aliphatic rings. The first-order valence-electron chi connectivity index (χ1n) is 8.43. The van der Waals surface area contributed by atoms with E-state index in [-0.39, 0.29) is 16.3 Å².